The lowest BCUT2D eigenvalue weighted by Gasteiger charge is -2.12. The molecule has 0 aromatic carbocycles. The number of aromatic nitrogens is 4. The number of nitrogens with two attached hydrogens (primary N) is 1. The lowest BCUT2D eigenvalue weighted by Crippen LogP contribution is -2.78. The van der Waals surface area contributed by atoms with Crippen LogP contribution in [0.5, 0.6) is 5.75 Å². The van der Waals surface area contributed by atoms with E-state index < -0.39 is 0 Å². The number of nitrogens with one attached hydrogen (secondary N) is 2. The number of allylic oxidation sites excluding steroid dienone is 2. The van der Waals surface area contributed by atoms with Crippen LogP contribution in [0.4, 0.5) is 11.6 Å². The van der Waals surface area contributed by atoms with E-state index in [0.29, 0.717) is 34.4 Å². The Hall–Kier alpha value is -3.47. The van der Waals surface area contributed by atoms with Crippen molar-refractivity contribution in [2.75, 3.05) is 5.32 Å². The Morgan fingerprint density at radius 2 is 2.15 bits per heavy atom. The third-order valence-electron chi connectivity index (χ3n) is 5.68. The second-order valence-corrected chi connectivity index (χ2v) is 8.79. The summed E-state index contributed by atoms with van der Waals surface area (Å²) in [5.74, 6) is 1.31. The number of pyridine rings is 2. The molecule has 10 nitrogen and oxygen atoms in total. The largest absolute Gasteiger partial charge is 0.446 e. The van der Waals surface area contributed by atoms with Gasteiger partial charge in [-0.25, -0.2) is 9.98 Å². The molecule has 1 fully saturated rings. The van der Waals surface area contributed by atoms with E-state index in [1.54, 1.807) is 40.9 Å². The van der Waals surface area contributed by atoms with Crippen molar-refractivity contribution in [2.45, 2.75) is 18.8 Å². The summed E-state index contributed by atoms with van der Waals surface area (Å²) in [6, 6.07) is 1.88. The van der Waals surface area contributed by atoms with Gasteiger partial charge in [-0.1, -0.05) is 23.2 Å². The molecule has 5 rings (SSSR count). The summed E-state index contributed by atoms with van der Waals surface area (Å²) in [6.45, 7) is 0. The fourth-order valence-electron chi connectivity index (χ4n) is 3.73. The molecule has 0 atom stereocenters. The highest BCUT2D eigenvalue weighted by molar-refractivity contribution is 6.69. The molecule has 2 aliphatic rings. The standard InChI is InChI=1S/C22H20Cl2N8O2/c1-31-10-12(11-3-4-11)7-13(21(31)33)29-22-30-20-18(32(22)2)16(23)15(9-28-20)34-14(8-25)17-19(24)27-6-5-26-17/h5-11,25-26H,3-4H2,1-2H3,(H,28,29,30)/p+1/b17-14+,25-8?. The van der Waals surface area contributed by atoms with Crippen molar-refractivity contribution in [3.8, 4) is 5.75 Å². The van der Waals surface area contributed by atoms with E-state index in [0.717, 1.165) is 24.6 Å². The third-order valence-corrected chi connectivity index (χ3v) is 6.35. The van der Waals surface area contributed by atoms with Gasteiger partial charge in [0.05, 0.1) is 18.6 Å². The highest BCUT2D eigenvalue weighted by atomic mass is 35.5. The quantitative estimate of drug-likeness (QED) is 0.355. The molecule has 0 unspecified atom stereocenters. The zero-order chi connectivity index (χ0) is 24.0. The van der Waals surface area contributed by atoms with Crippen LogP contribution < -0.4 is 20.9 Å². The van der Waals surface area contributed by atoms with Crippen LogP contribution >= 0.6 is 23.2 Å². The van der Waals surface area contributed by atoms with Crippen LogP contribution in [-0.2, 0) is 14.1 Å². The fraction of sp³-hybridized carbons (Fsp3) is 0.227. The monoisotopic (exact) mass is 499 g/mol. The number of fused-ring (bicyclic) bond motifs is 1. The van der Waals surface area contributed by atoms with E-state index in [1.807, 2.05) is 12.3 Å². The molecule has 0 bridgehead atoms. The first-order chi connectivity index (χ1) is 16.4. The number of halogens is 2. The van der Waals surface area contributed by atoms with E-state index in [-0.39, 0.29) is 27.3 Å². The van der Waals surface area contributed by atoms with Gasteiger partial charge in [0.25, 0.3) is 5.56 Å². The van der Waals surface area contributed by atoms with Crippen molar-refractivity contribution in [1.29, 1.82) is 5.41 Å². The number of nitrogens with zero attached hydrogens (tertiary/aromatic N) is 5. The molecular weight excluding hydrogens is 479 g/mol. The summed E-state index contributed by atoms with van der Waals surface area (Å²) in [6.07, 6.45) is 9.85. The smallest absolute Gasteiger partial charge is 0.274 e. The Kier molecular flexibility index (Phi) is 5.72. The maximum absolute atomic E-state index is 12.7. The summed E-state index contributed by atoms with van der Waals surface area (Å²) < 4.78 is 9.16. The second kappa shape index (κ2) is 8.71. The SMILES string of the molecule is Cn1cc(C2CC2)cc(Nc2nc3ncc(O/C(C=N)=C4/[NH2+]C=CN=C4Cl)c(Cl)c3n2C)c1=O. The Labute approximate surface area is 204 Å². The molecule has 1 aliphatic heterocycles. The van der Waals surface area contributed by atoms with E-state index in [9.17, 15) is 4.79 Å². The van der Waals surface area contributed by atoms with Gasteiger partial charge in [-0.15, -0.1) is 0 Å². The van der Waals surface area contributed by atoms with Gasteiger partial charge < -0.3 is 24.6 Å². The van der Waals surface area contributed by atoms with Crippen LogP contribution in [0.1, 0.15) is 24.3 Å². The van der Waals surface area contributed by atoms with Crippen LogP contribution in [0, 0.1) is 5.41 Å². The van der Waals surface area contributed by atoms with Crippen LogP contribution in [-0.4, -0.2) is 30.5 Å². The number of rotatable bonds is 6. The number of imidazole rings is 1. The van der Waals surface area contributed by atoms with Crippen molar-refractivity contribution in [2.24, 2.45) is 19.1 Å². The van der Waals surface area contributed by atoms with E-state index in [4.69, 9.17) is 33.3 Å². The highest BCUT2D eigenvalue weighted by Crippen LogP contribution is 2.40. The molecule has 12 heteroatoms. The number of aliphatic imine (C=N–C) groups is 1. The molecule has 0 amide bonds. The van der Waals surface area contributed by atoms with E-state index in [1.165, 1.54) is 6.20 Å². The molecule has 1 aliphatic carbocycles. The Bertz CT molecular complexity index is 1480. The lowest BCUT2D eigenvalue weighted by molar-refractivity contribution is -0.528. The van der Waals surface area contributed by atoms with Gasteiger partial charge in [0.1, 0.15) is 22.4 Å². The van der Waals surface area contributed by atoms with Crippen LogP contribution in [0.2, 0.25) is 5.02 Å². The molecule has 3 aromatic rings. The molecule has 0 spiro atoms. The Morgan fingerprint density at radius 3 is 2.85 bits per heavy atom. The number of hydrogen-bond acceptors (Lipinski definition) is 7. The van der Waals surface area contributed by atoms with Gasteiger partial charge in [-0.05, 0) is 30.4 Å². The second-order valence-electron chi connectivity index (χ2n) is 8.06. The zero-order valence-corrected chi connectivity index (χ0v) is 19.9. The summed E-state index contributed by atoms with van der Waals surface area (Å²) in [5, 5.41) is 13.0. The van der Waals surface area contributed by atoms with Crippen molar-refractivity contribution in [1.82, 2.24) is 19.1 Å². The van der Waals surface area contributed by atoms with Crippen LogP contribution in [0.25, 0.3) is 11.2 Å². The highest BCUT2D eigenvalue weighted by Gasteiger charge is 2.26. The molecule has 4 heterocycles. The number of hydrogen-bond donors (Lipinski definition) is 3. The van der Waals surface area contributed by atoms with Crippen molar-refractivity contribution in [3.05, 3.63) is 63.3 Å². The first-order valence-electron chi connectivity index (χ1n) is 10.5. The topological polar surface area (TPSA) is 127 Å². The summed E-state index contributed by atoms with van der Waals surface area (Å²) >= 11 is 12.8. The van der Waals surface area contributed by atoms with E-state index in [2.05, 4.69) is 20.3 Å². The number of ether oxygens (including phenoxy) is 1. The third kappa shape index (κ3) is 4.00. The van der Waals surface area contributed by atoms with Gasteiger partial charge in [0.15, 0.2) is 16.6 Å². The van der Waals surface area contributed by atoms with Gasteiger partial charge in [-0.2, -0.15) is 4.98 Å². The summed E-state index contributed by atoms with van der Waals surface area (Å²) in [4.78, 5) is 25.6. The molecule has 4 N–H and O–H groups in total. The van der Waals surface area contributed by atoms with Gasteiger partial charge in [0.2, 0.25) is 17.4 Å². The number of aryl methyl sites for hydroxylation is 2. The van der Waals surface area contributed by atoms with Crippen molar-refractivity contribution < 1.29 is 10.1 Å². The average Bonchev–Trinajstić information content (AvgIpc) is 3.62. The predicted octanol–water partition coefficient (Wildman–Crippen LogP) is 2.87. The Balaban J connectivity index is 1.51. The molecule has 34 heavy (non-hydrogen) atoms. The lowest BCUT2D eigenvalue weighted by atomic mass is 10.2. The Morgan fingerprint density at radius 1 is 1.35 bits per heavy atom. The molecular formula is C22H21Cl2N8O2+. The maximum Gasteiger partial charge on any atom is 0.274 e. The number of quaternary nitrogens is 1. The molecule has 3 aromatic heterocycles. The van der Waals surface area contributed by atoms with E-state index >= 15 is 0 Å². The summed E-state index contributed by atoms with van der Waals surface area (Å²) in [5.41, 5.74) is 2.75. The predicted molar refractivity (Wildman–Crippen MR) is 131 cm³/mol. The van der Waals surface area contributed by atoms with Crippen molar-refractivity contribution >= 4 is 57.4 Å². The van der Waals surface area contributed by atoms with Crippen LogP contribution in [0.15, 0.2) is 52.1 Å². The average molecular weight is 500 g/mol. The molecule has 0 saturated heterocycles. The van der Waals surface area contributed by atoms with Gasteiger partial charge in [-0.3, -0.25) is 10.1 Å². The normalized spacial score (nSPS) is 17.0. The zero-order valence-electron chi connectivity index (χ0n) is 18.3. The minimum atomic E-state index is -0.155. The first kappa shape index (κ1) is 22.3. The number of anilines is 2. The van der Waals surface area contributed by atoms with Gasteiger partial charge >= 0.3 is 0 Å². The van der Waals surface area contributed by atoms with Crippen molar-refractivity contribution in [3.63, 3.8) is 0 Å². The maximum atomic E-state index is 12.7. The minimum absolute atomic E-state index is 0.155. The first-order valence-corrected chi connectivity index (χ1v) is 11.3. The summed E-state index contributed by atoms with van der Waals surface area (Å²) in [7, 11) is 3.51. The molecule has 174 valence electrons. The van der Waals surface area contributed by atoms with Crippen LogP contribution in [0.3, 0.4) is 0 Å². The minimum Gasteiger partial charge on any atom is -0.446 e. The fourth-order valence-corrected chi connectivity index (χ4v) is 4.25. The molecule has 1 saturated carbocycles. The molecule has 0 radical (unpaired) electrons. The van der Waals surface area contributed by atoms with Gasteiger partial charge in [0, 0.05) is 20.3 Å².